The maximum absolute atomic E-state index is 10.9. The molecule has 0 spiro atoms. The summed E-state index contributed by atoms with van der Waals surface area (Å²) in [5, 5.41) is -0.845. The van der Waals surface area contributed by atoms with E-state index in [0.29, 0.717) is 6.42 Å². The Hall–Kier alpha value is 0.150. The maximum Gasteiger partial charge on any atom is 0.331 e. The van der Waals surface area contributed by atoms with Gasteiger partial charge in [-0.1, -0.05) is 26.2 Å². The second-order valence-corrected chi connectivity index (χ2v) is 6.11. The predicted molar refractivity (Wildman–Crippen MR) is 50.3 cm³/mol. The van der Waals surface area contributed by atoms with Gasteiger partial charge in [-0.05, 0) is 20.3 Å². The number of unbranched alkanes of at least 4 members (excludes halogenated alkanes) is 2. The molecule has 0 rings (SSSR count). The molecule has 0 radical (unpaired) electrons. The highest BCUT2D eigenvalue weighted by atomic mass is 31.2. The lowest BCUT2D eigenvalue weighted by atomic mass is 10.0. The van der Waals surface area contributed by atoms with Crippen LogP contribution in [0.3, 0.4) is 0 Å². The van der Waals surface area contributed by atoms with E-state index < -0.39 is 12.8 Å². The highest BCUT2D eigenvalue weighted by Crippen LogP contribution is 2.52. The molecule has 0 aliphatic carbocycles. The van der Waals surface area contributed by atoms with E-state index in [2.05, 4.69) is 6.92 Å². The fourth-order valence-electron chi connectivity index (χ4n) is 0.953. The second kappa shape index (κ2) is 4.40. The summed E-state index contributed by atoms with van der Waals surface area (Å²) in [5.74, 6) is 0. The van der Waals surface area contributed by atoms with E-state index in [1.807, 2.05) is 0 Å². The van der Waals surface area contributed by atoms with E-state index in [-0.39, 0.29) is 0 Å². The predicted octanol–water partition coefficient (Wildman–Crippen LogP) is 2.52. The van der Waals surface area contributed by atoms with Crippen LogP contribution < -0.4 is 0 Å². The van der Waals surface area contributed by atoms with Crippen molar-refractivity contribution in [1.82, 2.24) is 0 Å². The Morgan fingerprint density at radius 1 is 1.25 bits per heavy atom. The summed E-state index contributed by atoms with van der Waals surface area (Å²) < 4.78 is 10.9. The van der Waals surface area contributed by atoms with Gasteiger partial charge in [-0.2, -0.15) is 0 Å². The standard InChI is InChI=1S/C8H19O3P/c1-4-5-6-7-8(2,3)12(9,10)11/h4-7H2,1-3H3,(H2,9,10,11). The van der Waals surface area contributed by atoms with Crippen molar-refractivity contribution >= 4 is 7.60 Å². The molecule has 0 aliphatic heterocycles. The average molecular weight is 194 g/mol. The Morgan fingerprint density at radius 3 is 2.08 bits per heavy atom. The van der Waals surface area contributed by atoms with E-state index in [9.17, 15) is 4.57 Å². The molecule has 12 heavy (non-hydrogen) atoms. The zero-order chi connectivity index (χ0) is 9.83. The normalized spacial score (nSPS) is 13.4. The van der Waals surface area contributed by atoms with Gasteiger partial charge in [0.2, 0.25) is 0 Å². The number of rotatable bonds is 5. The zero-order valence-corrected chi connectivity index (χ0v) is 8.97. The topological polar surface area (TPSA) is 57.5 Å². The quantitative estimate of drug-likeness (QED) is 0.522. The Balaban J connectivity index is 3.97. The minimum atomic E-state index is -3.91. The Labute approximate surface area is 74.3 Å². The summed E-state index contributed by atoms with van der Waals surface area (Å²) in [6.07, 6.45) is 3.63. The van der Waals surface area contributed by atoms with Gasteiger partial charge in [0.05, 0.1) is 5.16 Å². The lowest BCUT2D eigenvalue weighted by molar-refractivity contribution is 0.327. The highest BCUT2D eigenvalue weighted by molar-refractivity contribution is 7.53. The lowest BCUT2D eigenvalue weighted by Gasteiger charge is -2.25. The summed E-state index contributed by atoms with van der Waals surface area (Å²) in [5.41, 5.74) is 0. The molecular weight excluding hydrogens is 175 g/mol. The molecular formula is C8H19O3P. The van der Waals surface area contributed by atoms with Gasteiger partial charge in [0.1, 0.15) is 0 Å². The van der Waals surface area contributed by atoms with E-state index in [0.717, 1.165) is 19.3 Å². The molecule has 2 N–H and O–H groups in total. The minimum Gasteiger partial charge on any atom is -0.324 e. The van der Waals surface area contributed by atoms with Crippen molar-refractivity contribution in [3.8, 4) is 0 Å². The van der Waals surface area contributed by atoms with Gasteiger partial charge in [-0.15, -0.1) is 0 Å². The van der Waals surface area contributed by atoms with Crippen LogP contribution in [0.5, 0.6) is 0 Å². The van der Waals surface area contributed by atoms with Gasteiger partial charge in [-0.3, -0.25) is 4.57 Å². The molecule has 0 heterocycles. The Kier molecular flexibility index (Phi) is 4.46. The highest BCUT2D eigenvalue weighted by Gasteiger charge is 2.36. The summed E-state index contributed by atoms with van der Waals surface area (Å²) in [6.45, 7) is 5.33. The van der Waals surface area contributed by atoms with Crippen molar-refractivity contribution in [3.63, 3.8) is 0 Å². The summed E-state index contributed by atoms with van der Waals surface area (Å²) >= 11 is 0. The van der Waals surface area contributed by atoms with Crippen LogP contribution in [0.4, 0.5) is 0 Å². The Morgan fingerprint density at radius 2 is 1.75 bits per heavy atom. The van der Waals surface area contributed by atoms with Crippen molar-refractivity contribution in [1.29, 1.82) is 0 Å². The van der Waals surface area contributed by atoms with Gasteiger partial charge in [0.15, 0.2) is 0 Å². The van der Waals surface area contributed by atoms with Crippen LogP contribution >= 0.6 is 7.60 Å². The average Bonchev–Trinajstić information content (AvgIpc) is 1.85. The first-order valence-electron chi connectivity index (χ1n) is 4.37. The maximum atomic E-state index is 10.9. The molecule has 0 aromatic carbocycles. The lowest BCUT2D eigenvalue weighted by Crippen LogP contribution is -2.19. The van der Waals surface area contributed by atoms with Crippen LogP contribution in [0.15, 0.2) is 0 Å². The van der Waals surface area contributed by atoms with Crippen LogP contribution in [0.2, 0.25) is 0 Å². The van der Waals surface area contributed by atoms with Gasteiger partial charge in [-0.25, -0.2) is 0 Å². The summed E-state index contributed by atoms with van der Waals surface area (Å²) in [4.78, 5) is 17.9. The van der Waals surface area contributed by atoms with Crippen LogP contribution in [0, 0.1) is 0 Å². The molecule has 0 saturated carbocycles. The van der Waals surface area contributed by atoms with Crippen molar-refractivity contribution in [2.75, 3.05) is 0 Å². The third-order valence-electron chi connectivity index (χ3n) is 2.18. The first kappa shape index (κ1) is 12.2. The van der Waals surface area contributed by atoms with Crippen molar-refractivity contribution < 1.29 is 14.4 Å². The van der Waals surface area contributed by atoms with E-state index in [4.69, 9.17) is 9.79 Å². The van der Waals surface area contributed by atoms with Crippen LogP contribution in [0.25, 0.3) is 0 Å². The molecule has 0 aromatic rings. The van der Waals surface area contributed by atoms with Gasteiger partial charge < -0.3 is 9.79 Å². The fourth-order valence-corrected chi connectivity index (χ4v) is 1.40. The molecule has 4 heteroatoms. The van der Waals surface area contributed by atoms with Crippen molar-refractivity contribution in [3.05, 3.63) is 0 Å². The van der Waals surface area contributed by atoms with Crippen molar-refractivity contribution in [2.45, 2.75) is 51.6 Å². The first-order valence-corrected chi connectivity index (χ1v) is 5.98. The molecule has 0 amide bonds. The Bertz CT molecular complexity index is 171. The molecule has 0 bridgehead atoms. The van der Waals surface area contributed by atoms with E-state index in [1.165, 1.54) is 0 Å². The number of hydrogen-bond acceptors (Lipinski definition) is 1. The third kappa shape index (κ3) is 3.70. The van der Waals surface area contributed by atoms with Gasteiger partial charge >= 0.3 is 7.60 Å². The molecule has 0 aromatic heterocycles. The monoisotopic (exact) mass is 194 g/mol. The van der Waals surface area contributed by atoms with Crippen LogP contribution in [-0.4, -0.2) is 14.9 Å². The van der Waals surface area contributed by atoms with Crippen molar-refractivity contribution in [2.24, 2.45) is 0 Å². The van der Waals surface area contributed by atoms with E-state index >= 15 is 0 Å². The van der Waals surface area contributed by atoms with Crippen LogP contribution in [0.1, 0.15) is 46.5 Å². The molecule has 0 aliphatic rings. The van der Waals surface area contributed by atoms with Gasteiger partial charge in [0.25, 0.3) is 0 Å². The third-order valence-corrected chi connectivity index (χ3v) is 3.98. The zero-order valence-electron chi connectivity index (χ0n) is 8.08. The SMILES string of the molecule is CCCCCC(C)(C)P(=O)(O)O. The first-order chi connectivity index (χ1) is 5.31. The molecule has 0 unspecified atom stereocenters. The van der Waals surface area contributed by atoms with Crippen LogP contribution in [-0.2, 0) is 4.57 Å². The van der Waals surface area contributed by atoms with E-state index in [1.54, 1.807) is 13.8 Å². The molecule has 0 saturated heterocycles. The largest absolute Gasteiger partial charge is 0.331 e. The smallest absolute Gasteiger partial charge is 0.324 e. The number of hydrogen-bond donors (Lipinski definition) is 2. The molecule has 0 atom stereocenters. The van der Waals surface area contributed by atoms with Gasteiger partial charge in [0, 0.05) is 0 Å². The minimum absolute atomic E-state index is 0.602. The fraction of sp³-hybridized carbons (Fsp3) is 1.00. The molecule has 0 fully saturated rings. The summed E-state index contributed by atoms with van der Waals surface area (Å²) in [7, 11) is -3.91. The molecule has 74 valence electrons. The molecule has 3 nitrogen and oxygen atoms in total. The second-order valence-electron chi connectivity index (χ2n) is 3.81. The summed E-state index contributed by atoms with van der Waals surface area (Å²) in [6, 6.07) is 0.